The lowest BCUT2D eigenvalue weighted by Gasteiger charge is -2.17. The van der Waals surface area contributed by atoms with Crippen LogP contribution in [-0.4, -0.2) is 17.0 Å². The molecule has 2 N–H and O–H groups in total. The van der Waals surface area contributed by atoms with Crippen LogP contribution in [0.5, 0.6) is 0 Å². The highest BCUT2D eigenvalue weighted by molar-refractivity contribution is 6.30. The molecule has 0 bridgehead atoms. The molecule has 21 heavy (non-hydrogen) atoms. The van der Waals surface area contributed by atoms with E-state index in [4.69, 9.17) is 11.6 Å². The Hall–Kier alpha value is -2.33. The smallest absolute Gasteiger partial charge is 0.330 e. The number of nitrogens with one attached hydrogen (secondary N) is 1. The van der Waals surface area contributed by atoms with E-state index < -0.39 is 23.3 Å². The van der Waals surface area contributed by atoms with Gasteiger partial charge in [0.25, 0.3) is 0 Å². The van der Waals surface area contributed by atoms with Crippen LogP contribution in [0, 0.1) is 0 Å². The minimum Gasteiger partial charge on any atom is -0.479 e. The summed E-state index contributed by atoms with van der Waals surface area (Å²) < 4.78 is 0. The molecule has 108 valence electrons. The van der Waals surface area contributed by atoms with Crippen LogP contribution in [0.1, 0.15) is 22.5 Å². The molecule has 2 aromatic carbocycles. The van der Waals surface area contributed by atoms with Crippen LogP contribution in [0.2, 0.25) is 0 Å². The van der Waals surface area contributed by atoms with Crippen molar-refractivity contribution in [2.75, 3.05) is 0 Å². The fourth-order valence-corrected chi connectivity index (χ4v) is 2.13. The van der Waals surface area contributed by atoms with Crippen LogP contribution in [0.15, 0.2) is 60.7 Å². The Morgan fingerprint density at radius 3 is 1.86 bits per heavy atom. The lowest BCUT2D eigenvalue weighted by molar-refractivity contribution is -0.142. The number of carboxylic acid groups (broad SMARTS) is 1. The van der Waals surface area contributed by atoms with Crippen molar-refractivity contribution in [2.45, 2.75) is 11.4 Å². The largest absolute Gasteiger partial charge is 0.479 e. The highest BCUT2D eigenvalue weighted by atomic mass is 35.5. The number of halogens is 1. The summed E-state index contributed by atoms with van der Waals surface area (Å²) in [5.74, 6) is -1.68. The number of rotatable bonds is 5. The Morgan fingerprint density at radius 2 is 1.38 bits per heavy atom. The van der Waals surface area contributed by atoms with Crippen molar-refractivity contribution >= 4 is 23.5 Å². The molecule has 2 aromatic rings. The second-order valence-electron chi connectivity index (χ2n) is 4.46. The van der Waals surface area contributed by atoms with Gasteiger partial charge in [-0.15, -0.1) is 11.6 Å². The van der Waals surface area contributed by atoms with E-state index in [-0.39, 0.29) is 0 Å². The van der Waals surface area contributed by atoms with Gasteiger partial charge in [-0.2, -0.15) is 0 Å². The van der Waals surface area contributed by atoms with Crippen molar-refractivity contribution in [3.05, 3.63) is 71.8 Å². The fourth-order valence-electron chi connectivity index (χ4n) is 1.92. The Balaban J connectivity index is 2.14. The molecule has 0 spiro atoms. The third kappa shape index (κ3) is 3.83. The van der Waals surface area contributed by atoms with Gasteiger partial charge >= 0.3 is 5.97 Å². The number of hydrogen-bond donors (Lipinski definition) is 2. The summed E-state index contributed by atoms with van der Waals surface area (Å²) in [5, 5.41) is 10.8. The van der Waals surface area contributed by atoms with Crippen molar-refractivity contribution in [3.8, 4) is 0 Å². The molecule has 0 aliphatic carbocycles. The number of benzene rings is 2. The predicted octanol–water partition coefficient (Wildman–Crippen LogP) is 2.91. The summed E-state index contributed by atoms with van der Waals surface area (Å²) in [6, 6.07) is 16.2. The van der Waals surface area contributed by atoms with E-state index in [1.165, 1.54) is 0 Å². The molecule has 2 atom stereocenters. The molecule has 0 aliphatic rings. The molecule has 0 heterocycles. The highest BCUT2D eigenvalue weighted by Crippen LogP contribution is 2.22. The van der Waals surface area contributed by atoms with Gasteiger partial charge in [0.15, 0.2) is 6.04 Å². The topological polar surface area (TPSA) is 66.4 Å². The number of aliphatic carboxylic acids is 1. The Bertz CT molecular complexity index is 616. The zero-order chi connectivity index (χ0) is 15.2. The number of alkyl halides is 1. The maximum atomic E-state index is 12.1. The van der Waals surface area contributed by atoms with Gasteiger partial charge in [0.2, 0.25) is 5.91 Å². The van der Waals surface area contributed by atoms with Crippen LogP contribution >= 0.6 is 11.6 Å². The molecule has 0 unspecified atom stereocenters. The summed E-state index contributed by atoms with van der Waals surface area (Å²) in [7, 11) is 0. The molecule has 0 radical (unpaired) electrons. The lowest BCUT2D eigenvalue weighted by atomic mass is 10.1. The average Bonchev–Trinajstić information content (AvgIpc) is 2.53. The molecule has 5 heteroatoms. The summed E-state index contributed by atoms with van der Waals surface area (Å²) in [6.45, 7) is 0. The van der Waals surface area contributed by atoms with E-state index in [9.17, 15) is 14.7 Å². The molecule has 0 saturated carbocycles. The van der Waals surface area contributed by atoms with Gasteiger partial charge in [-0.05, 0) is 11.1 Å². The molecular formula is C16H14ClNO3. The van der Waals surface area contributed by atoms with Gasteiger partial charge in [0, 0.05) is 0 Å². The van der Waals surface area contributed by atoms with E-state index in [2.05, 4.69) is 5.32 Å². The van der Waals surface area contributed by atoms with Crippen LogP contribution in [0.3, 0.4) is 0 Å². The number of carboxylic acids is 1. The number of hydrogen-bond acceptors (Lipinski definition) is 2. The first kappa shape index (κ1) is 15.1. The van der Waals surface area contributed by atoms with Gasteiger partial charge in [0.1, 0.15) is 5.38 Å². The lowest BCUT2D eigenvalue weighted by Crippen LogP contribution is -2.35. The quantitative estimate of drug-likeness (QED) is 0.835. The number of carbonyl (C=O) groups excluding carboxylic acids is 1. The maximum absolute atomic E-state index is 12.1. The number of carbonyl (C=O) groups is 2. The average molecular weight is 304 g/mol. The van der Waals surface area contributed by atoms with Gasteiger partial charge < -0.3 is 10.4 Å². The van der Waals surface area contributed by atoms with Crippen LogP contribution in [-0.2, 0) is 9.59 Å². The number of amides is 1. The molecule has 0 saturated heterocycles. The summed E-state index contributed by atoms with van der Waals surface area (Å²) in [5.41, 5.74) is 1.11. The zero-order valence-electron chi connectivity index (χ0n) is 11.1. The van der Waals surface area contributed by atoms with Crippen LogP contribution < -0.4 is 5.32 Å². The minimum absolute atomic E-state index is 0.496. The van der Waals surface area contributed by atoms with Crippen molar-refractivity contribution < 1.29 is 14.7 Å². The molecule has 4 nitrogen and oxygen atoms in total. The Kier molecular flexibility index (Phi) is 4.95. The third-order valence-electron chi connectivity index (χ3n) is 2.99. The Morgan fingerprint density at radius 1 is 0.905 bits per heavy atom. The van der Waals surface area contributed by atoms with E-state index in [1.54, 1.807) is 54.6 Å². The highest BCUT2D eigenvalue weighted by Gasteiger charge is 2.26. The van der Waals surface area contributed by atoms with Gasteiger partial charge in [-0.25, -0.2) is 4.79 Å². The van der Waals surface area contributed by atoms with E-state index in [0.29, 0.717) is 11.1 Å². The van der Waals surface area contributed by atoms with E-state index in [0.717, 1.165) is 0 Å². The molecule has 0 fully saturated rings. The monoisotopic (exact) mass is 303 g/mol. The first-order valence-electron chi connectivity index (χ1n) is 6.36. The van der Waals surface area contributed by atoms with Crippen LogP contribution in [0.4, 0.5) is 0 Å². The Labute approximate surface area is 127 Å². The van der Waals surface area contributed by atoms with E-state index in [1.807, 2.05) is 6.07 Å². The second kappa shape index (κ2) is 6.90. The summed E-state index contributed by atoms with van der Waals surface area (Å²) in [4.78, 5) is 23.5. The fraction of sp³-hybridized carbons (Fsp3) is 0.125. The van der Waals surface area contributed by atoms with Crippen molar-refractivity contribution in [1.29, 1.82) is 0 Å². The molecular weight excluding hydrogens is 290 g/mol. The second-order valence-corrected chi connectivity index (χ2v) is 4.90. The zero-order valence-corrected chi connectivity index (χ0v) is 11.8. The van der Waals surface area contributed by atoms with Gasteiger partial charge in [-0.3, -0.25) is 4.79 Å². The first-order valence-corrected chi connectivity index (χ1v) is 6.80. The first-order chi connectivity index (χ1) is 10.1. The molecule has 1 amide bonds. The van der Waals surface area contributed by atoms with Crippen molar-refractivity contribution in [3.63, 3.8) is 0 Å². The standard InChI is InChI=1S/C16H14ClNO3/c17-13(11-7-3-1-4-8-11)15(19)18-14(16(20)21)12-9-5-2-6-10-12/h1-10,13-14H,(H,18,19)(H,20,21)/t13-,14-/m1/s1. The van der Waals surface area contributed by atoms with Gasteiger partial charge in [-0.1, -0.05) is 60.7 Å². The van der Waals surface area contributed by atoms with Gasteiger partial charge in [0.05, 0.1) is 0 Å². The normalized spacial score (nSPS) is 13.2. The van der Waals surface area contributed by atoms with Crippen molar-refractivity contribution in [1.82, 2.24) is 5.32 Å². The SMILES string of the molecule is O=C(N[C@@H](C(=O)O)c1ccccc1)[C@H](Cl)c1ccccc1. The molecule has 0 aliphatic heterocycles. The minimum atomic E-state index is -1.13. The van der Waals surface area contributed by atoms with Crippen molar-refractivity contribution in [2.24, 2.45) is 0 Å². The summed E-state index contributed by atoms with van der Waals surface area (Å²) >= 11 is 6.09. The molecule has 2 rings (SSSR count). The predicted molar refractivity (Wildman–Crippen MR) is 80.0 cm³/mol. The summed E-state index contributed by atoms with van der Waals surface area (Å²) in [6.07, 6.45) is 0. The van der Waals surface area contributed by atoms with E-state index >= 15 is 0 Å². The molecule has 0 aromatic heterocycles. The maximum Gasteiger partial charge on any atom is 0.330 e. The third-order valence-corrected chi connectivity index (χ3v) is 3.44. The van der Waals surface area contributed by atoms with Crippen LogP contribution in [0.25, 0.3) is 0 Å².